The highest BCUT2D eigenvalue weighted by Gasteiger charge is 2.32. The number of fused-ring (bicyclic) bond motifs is 2. The van der Waals surface area contributed by atoms with Crippen LogP contribution < -0.4 is 5.32 Å². The highest BCUT2D eigenvalue weighted by atomic mass is 35.5. The van der Waals surface area contributed by atoms with Gasteiger partial charge in [-0.2, -0.15) is 0 Å². The SMILES string of the molecule is Cc1cc(C(=O)N2CCC3CCC(C2)N3)sc1-c1ccc(F)cc1.Cl. The Morgan fingerprint density at radius 3 is 2.68 bits per heavy atom. The molecule has 2 unspecified atom stereocenters. The molecule has 2 aromatic rings. The largest absolute Gasteiger partial charge is 0.336 e. The number of aryl methyl sites for hydroxylation is 1. The van der Waals surface area contributed by atoms with E-state index in [4.69, 9.17) is 0 Å². The predicted molar refractivity (Wildman–Crippen MR) is 102 cm³/mol. The summed E-state index contributed by atoms with van der Waals surface area (Å²) in [5.41, 5.74) is 2.04. The first kappa shape index (κ1) is 18.4. The Kier molecular flexibility index (Phi) is 5.46. The maximum Gasteiger partial charge on any atom is 0.264 e. The Hall–Kier alpha value is -1.43. The molecule has 6 heteroatoms. The van der Waals surface area contributed by atoms with Crippen molar-refractivity contribution >= 4 is 29.7 Å². The molecule has 0 aliphatic carbocycles. The molecule has 1 N–H and O–H groups in total. The average Bonchev–Trinajstić information content (AvgIpc) is 3.10. The summed E-state index contributed by atoms with van der Waals surface area (Å²) in [5, 5.41) is 3.61. The minimum absolute atomic E-state index is 0. The topological polar surface area (TPSA) is 32.3 Å². The summed E-state index contributed by atoms with van der Waals surface area (Å²) in [6, 6.07) is 9.48. The summed E-state index contributed by atoms with van der Waals surface area (Å²) in [6.07, 6.45) is 3.44. The second kappa shape index (κ2) is 7.44. The maximum atomic E-state index is 13.1. The lowest BCUT2D eigenvalue weighted by Gasteiger charge is -2.23. The van der Waals surface area contributed by atoms with Gasteiger partial charge in [-0.25, -0.2) is 4.39 Å². The number of nitrogens with one attached hydrogen (secondary N) is 1. The molecule has 2 aliphatic heterocycles. The van der Waals surface area contributed by atoms with Gasteiger partial charge in [0.25, 0.3) is 5.91 Å². The van der Waals surface area contributed by atoms with Gasteiger partial charge < -0.3 is 10.2 Å². The Labute approximate surface area is 157 Å². The van der Waals surface area contributed by atoms with Crippen molar-refractivity contribution in [3.05, 3.63) is 46.6 Å². The van der Waals surface area contributed by atoms with Gasteiger partial charge >= 0.3 is 0 Å². The van der Waals surface area contributed by atoms with E-state index in [0.29, 0.717) is 12.1 Å². The summed E-state index contributed by atoms with van der Waals surface area (Å²) in [7, 11) is 0. The first-order valence-electron chi connectivity index (χ1n) is 8.52. The summed E-state index contributed by atoms with van der Waals surface area (Å²) in [6.45, 7) is 3.64. The van der Waals surface area contributed by atoms with E-state index in [9.17, 15) is 9.18 Å². The van der Waals surface area contributed by atoms with E-state index in [1.54, 1.807) is 12.1 Å². The van der Waals surface area contributed by atoms with Crippen molar-refractivity contribution in [1.29, 1.82) is 0 Å². The molecule has 134 valence electrons. The van der Waals surface area contributed by atoms with Crippen LogP contribution in [0.15, 0.2) is 30.3 Å². The molecule has 0 spiro atoms. The van der Waals surface area contributed by atoms with Crippen LogP contribution in [-0.2, 0) is 0 Å². The third kappa shape index (κ3) is 3.73. The van der Waals surface area contributed by atoms with Crippen molar-refractivity contribution in [2.24, 2.45) is 0 Å². The number of amides is 1. The van der Waals surface area contributed by atoms with Crippen molar-refractivity contribution in [1.82, 2.24) is 10.2 Å². The van der Waals surface area contributed by atoms with Crippen molar-refractivity contribution in [3.8, 4) is 10.4 Å². The van der Waals surface area contributed by atoms with Gasteiger partial charge in [0.05, 0.1) is 4.88 Å². The number of hydrogen-bond acceptors (Lipinski definition) is 3. The van der Waals surface area contributed by atoms with Gasteiger partial charge in [0.2, 0.25) is 0 Å². The number of nitrogens with zero attached hydrogens (tertiary/aromatic N) is 1. The predicted octanol–water partition coefficient (Wildman–Crippen LogP) is 4.25. The Morgan fingerprint density at radius 1 is 1.20 bits per heavy atom. The fourth-order valence-electron chi connectivity index (χ4n) is 3.76. The summed E-state index contributed by atoms with van der Waals surface area (Å²) >= 11 is 1.51. The molecular weight excluding hydrogens is 359 g/mol. The zero-order valence-corrected chi connectivity index (χ0v) is 15.8. The molecule has 3 heterocycles. The third-order valence-electron chi connectivity index (χ3n) is 5.05. The van der Waals surface area contributed by atoms with E-state index in [0.717, 1.165) is 40.4 Å². The fourth-order valence-corrected chi connectivity index (χ4v) is 4.90. The lowest BCUT2D eigenvalue weighted by Crippen LogP contribution is -2.38. The van der Waals surface area contributed by atoms with Crippen LogP contribution >= 0.6 is 23.7 Å². The number of carbonyl (C=O) groups is 1. The number of rotatable bonds is 2. The van der Waals surface area contributed by atoms with Crippen LogP contribution in [0.1, 0.15) is 34.5 Å². The molecule has 0 radical (unpaired) electrons. The molecule has 2 bridgehead atoms. The first-order valence-corrected chi connectivity index (χ1v) is 9.33. The van der Waals surface area contributed by atoms with Crippen LogP contribution in [0.4, 0.5) is 4.39 Å². The standard InChI is InChI=1S/C19H21FN2OS.ClH/c1-12-10-17(24-18(12)13-2-4-14(20)5-3-13)19(23)22-9-8-15-6-7-16(11-22)21-15;/h2-5,10,15-16,21H,6-9,11H2,1H3;1H. The van der Waals surface area contributed by atoms with E-state index in [2.05, 4.69) is 5.32 Å². The van der Waals surface area contributed by atoms with E-state index in [1.165, 1.54) is 36.3 Å². The Morgan fingerprint density at radius 2 is 1.92 bits per heavy atom. The molecule has 4 rings (SSSR count). The third-order valence-corrected chi connectivity index (χ3v) is 6.32. The zero-order valence-electron chi connectivity index (χ0n) is 14.1. The van der Waals surface area contributed by atoms with Crippen LogP contribution in [0.5, 0.6) is 0 Å². The van der Waals surface area contributed by atoms with Crippen LogP contribution in [0.2, 0.25) is 0 Å². The number of benzene rings is 1. The van der Waals surface area contributed by atoms with Gasteiger partial charge in [-0.05, 0) is 55.5 Å². The Balaban J connectivity index is 0.00000182. The van der Waals surface area contributed by atoms with Crippen molar-refractivity contribution in [3.63, 3.8) is 0 Å². The molecule has 3 nitrogen and oxygen atoms in total. The van der Waals surface area contributed by atoms with Gasteiger partial charge in [0.1, 0.15) is 5.82 Å². The van der Waals surface area contributed by atoms with Crippen LogP contribution in [0.3, 0.4) is 0 Å². The van der Waals surface area contributed by atoms with Crippen molar-refractivity contribution in [2.75, 3.05) is 13.1 Å². The highest BCUT2D eigenvalue weighted by molar-refractivity contribution is 7.17. The number of carbonyl (C=O) groups excluding carboxylic acids is 1. The minimum atomic E-state index is -0.239. The molecule has 1 amide bonds. The monoisotopic (exact) mass is 380 g/mol. The number of hydrogen-bond donors (Lipinski definition) is 1. The second-order valence-electron chi connectivity index (χ2n) is 6.81. The van der Waals surface area contributed by atoms with Crippen molar-refractivity contribution in [2.45, 2.75) is 38.3 Å². The lowest BCUT2D eigenvalue weighted by molar-refractivity contribution is 0.0753. The summed E-state index contributed by atoms with van der Waals surface area (Å²) in [5.74, 6) is -0.109. The van der Waals surface area contributed by atoms with E-state index in [-0.39, 0.29) is 24.1 Å². The molecule has 1 aromatic carbocycles. The van der Waals surface area contributed by atoms with Gasteiger partial charge in [0, 0.05) is 30.1 Å². The molecular formula is C19H22ClFN2OS. The van der Waals surface area contributed by atoms with Gasteiger partial charge in [0.15, 0.2) is 0 Å². The lowest BCUT2D eigenvalue weighted by atomic mass is 10.1. The molecule has 2 aliphatic rings. The molecule has 2 atom stereocenters. The van der Waals surface area contributed by atoms with Crippen LogP contribution in [0, 0.1) is 12.7 Å². The maximum absolute atomic E-state index is 13.1. The quantitative estimate of drug-likeness (QED) is 0.844. The van der Waals surface area contributed by atoms with E-state index >= 15 is 0 Å². The average molecular weight is 381 g/mol. The van der Waals surface area contributed by atoms with Crippen LogP contribution in [-0.4, -0.2) is 36.0 Å². The van der Waals surface area contributed by atoms with Gasteiger partial charge in [-0.1, -0.05) is 12.1 Å². The first-order chi connectivity index (χ1) is 11.6. The van der Waals surface area contributed by atoms with Crippen molar-refractivity contribution < 1.29 is 9.18 Å². The zero-order chi connectivity index (χ0) is 16.7. The second-order valence-corrected chi connectivity index (χ2v) is 7.86. The minimum Gasteiger partial charge on any atom is -0.336 e. The van der Waals surface area contributed by atoms with E-state index in [1.807, 2.05) is 17.9 Å². The molecule has 25 heavy (non-hydrogen) atoms. The molecule has 0 saturated carbocycles. The molecule has 2 saturated heterocycles. The molecule has 1 aromatic heterocycles. The number of halogens is 2. The van der Waals surface area contributed by atoms with E-state index < -0.39 is 0 Å². The summed E-state index contributed by atoms with van der Waals surface area (Å²) < 4.78 is 13.1. The fraction of sp³-hybridized carbons (Fsp3) is 0.421. The smallest absolute Gasteiger partial charge is 0.264 e. The normalized spacial score (nSPS) is 22.4. The number of thiophene rings is 1. The summed E-state index contributed by atoms with van der Waals surface area (Å²) in [4.78, 5) is 16.8. The van der Waals surface area contributed by atoms with Gasteiger partial charge in [-0.3, -0.25) is 4.79 Å². The molecule has 2 fully saturated rings. The highest BCUT2D eigenvalue weighted by Crippen LogP contribution is 2.33. The van der Waals surface area contributed by atoms with Crippen LogP contribution in [0.25, 0.3) is 10.4 Å². The Bertz CT molecular complexity index is 761. The van der Waals surface area contributed by atoms with Gasteiger partial charge in [-0.15, -0.1) is 23.7 Å². The number of likely N-dealkylation sites (tertiary alicyclic amines) is 1.